The largest absolute Gasteiger partial charge is 0.380 e. The van der Waals surface area contributed by atoms with Crippen LogP contribution in [-0.4, -0.2) is 18.6 Å². The van der Waals surface area contributed by atoms with E-state index in [0.717, 1.165) is 5.56 Å². The van der Waals surface area contributed by atoms with Gasteiger partial charge in [0.2, 0.25) is 0 Å². The number of nitrogens with one attached hydrogen (secondary N) is 1. The van der Waals surface area contributed by atoms with Gasteiger partial charge in [0.25, 0.3) is 5.91 Å². The molecule has 1 amide bonds. The Bertz CT molecular complexity index is 366. The number of rotatable bonds is 3. The van der Waals surface area contributed by atoms with Gasteiger partial charge in [0.05, 0.1) is 6.61 Å². The van der Waals surface area contributed by atoms with Crippen molar-refractivity contribution in [3.63, 3.8) is 0 Å². The van der Waals surface area contributed by atoms with Crippen molar-refractivity contribution in [1.29, 1.82) is 0 Å². The third kappa shape index (κ3) is 4.03. The zero-order chi connectivity index (χ0) is 12.2. The number of amides is 1. The fourth-order valence-electron chi connectivity index (χ4n) is 1.38. The molecule has 1 rings (SSSR count). The zero-order valence-electron chi connectivity index (χ0n) is 10.3. The molecule has 0 spiro atoms. The Morgan fingerprint density at radius 1 is 1.38 bits per heavy atom. The molecule has 0 unspecified atom stereocenters. The fourth-order valence-corrected chi connectivity index (χ4v) is 1.38. The van der Waals surface area contributed by atoms with Crippen molar-refractivity contribution in [2.75, 3.05) is 7.11 Å². The van der Waals surface area contributed by atoms with Crippen LogP contribution in [0.2, 0.25) is 0 Å². The number of methoxy groups -OCH3 is 1. The van der Waals surface area contributed by atoms with Gasteiger partial charge in [-0.3, -0.25) is 4.79 Å². The van der Waals surface area contributed by atoms with Gasteiger partial charge >= 0.3 is 0 Å². The molecule has 3 nitrogen and oxygen atoms in total. The molecule has 0 bridgehead atoms. The quantitative estimate of drug-likeness (QED) is 0.851. The van der Waals surface area contributed by atoms with Gasteiger partial charge in [-0.25, -0.2) is 0 Å². The van der Waals surface area contributed by atoms with E-state index >= 15 is 0 Å². The van der Waals surface area contributed by atoms with Crippen LogP contribution >= 0.6 is 0 Å². The minimum absolute atomic E-state index is 0.0505. The van der Waals surface area contributed by atoms with Gasteiger partial charge in [0, 0.05) is 18.2 Å². The van der Waals surface area contributed by atoms with Gasteiger partial charge in [-0.15, -0.1) is 0 Å². The van der Waals surface area contributed by atoms with Gasteiger partial charge in [-0.05, 0) is 38.5 Å². The summed E-state index contributed by atoms with van der Waals surface area (Å²) in [6, 6.07) is 7.47. The van der Waals surface area contributed by atoms with Crippen molar-refractivity contribution in [1.82, 2.24) is 5.32 Å². The van der Waals surface area contributed by atoms with Crippen molar-refractivity contribution in [3.05, 3.63) is 35.4 Å². The molecule has 0 saturated heterocycles. The summed E-state index contributed by atoms with van der Waals surface area (Å²) in [5.74, 6) is -0.0505. The lowest BCUT2D eigenvalue weighted by Gasteiger charge is -2.20. The topological polar surface area (TPSA) is 38.3 Å². The number of hydrogen-bond donors (Lipinski definition) is 1. The first-order valence-electron chi connectivity index (χ1n) is 5.33. The maximum Gasteiger partial charge on any atom is 0.251 e. The Labute approximate surface area is 96.8 Å². The second-order valence-corrected chi connectivity index (χ2v) is 4.84. The first kappa shape index (κ1) is 12.7. The second kappa shape index (κ2) is 5.12. The van der Waals surface area contributed by atoms with Crippen molar-refractivity contribution in [2.24, 2.45) is 0 Å². The van der Waals surface area contributed by atoms with Crippen LogP contribution in [-0.2, 0) is 11.3 Å². The Kier molecular flexibility index (Phi) is 4.07. The summed E-state index contributed by atoms with van der Waals surface area (Å²) in [5, 5.41) is 2.92. The molecule has 0 aliphatic rings. The van der Waals surface area contributed by atoms with E-state index in [2.05, 4.69) is 5.32 Å². The summed E-state index contributed by atoms with van der Waals surface area (Å²) >= 11 is 0. The van der Waals surface area contributed by atoms with E-state index < -0.39 is 0 Å². The van der Waals surface area contributed by atoms with E-state index in [1.54, 1.807) is 13.2 Å². The monoisotopic (exact) mass is 221 g/mol. The standard InChI is InChI=1S/C13H19NO2/c1-13(2,3)14-12(15)11-7-5-6-10(8-11)9-16-4/h5-8H,9H2,1-4H3,(H,14,15). The van der Waals surface area contributed by atoms with E-state index in [1.807, 2.05) is 39.0 Å². The van der Waals surface area contributed by atoms with Gasteiger partial charge < -0.3 is 10.1 Å². The highest BCUT2D eigenvalue weighted by Gasteiger charge is 2.15. The van der Waals surface area contributed by atoms with Crippen LogP contribution in [0, 0.1) is 0 Å². The van der Waals surface area contributed by atoms with Crippen molar-refractivity contribution < 1.29 is 9.53 Å². The van der Waals surface area contributed by atoms with E-state index in [-0.39, 0.29) is 11.4 Å². The molecular formula is C13H19NO2. The van der Waals surface area contributed by atoms with Crippen molar-refractivity contribution >= 4 is 5.91 Å². The number of carbonyl (C=O) groups excluding carboxylic acids is 1. The van der Waals surface area contributed by atoms with Crippen LogP contribution < -0.4 is 5.32 Å². The average Bonchev–Trinajstić information content (AvgIpc) is 2.16. The summed E-state index contributed by atoms with van der Waals surface area (Å²) in [5.41, 5.74) is 1.46. The highest BCUT2D eigenvalue weighted by Crippen LogP contribution is 2.08. The molecule has 0 fully saturated rings. The molecule has 0 heterocycles. The summed E-state index contributed by atoms with van der Waals surface area (Å²) < 4.78 is 5.03. The van der Waals surface area contributed by atoms with Gasteiger partial charge in [0.1, 0.15) is 0 Å². The zero-order valence-corrected chi connectivity index (χ0v) is 10.3. The number of benzene rings is 1. The Morgan fingerprint density at radius 3 is 2.62 bits per heavy atom. The Hall–Kier alpha value is -1.35. The summed E-state index contributed by atoms with van der Waals surface area (Å²) in [6.07, 6.45) is 0. The minimum atomic E-state index is -0.214. The molecule has 1 aromatic rings. The average molecular weight is 221 g/mol. The number of hydrogen-bond acceptors (Lipinski definition) is 2. The van der Waals surface area contributed by atoms with Crippen LogP contribution in [0.25, 0.3) is 0 Å². The van der Waals surface area contributed by atoms with Crippen LogP contribution in [0.5, 0.6) is 0 Å². The van der Waals surface area contributed by atoms with Gasteiger partial charge in [-0.2, -0.15) is 0 Å². The van der Waals surface area contributed by atoms with E-state index in [4.69, 9.17) is 4.74 Å². The van der Waals surface area contributed by atoms with Crippen LogP contribution in [0.15, 0.2) is 24.3 Å². The predicted octanol–water partition coefficient (Wildman–Crippen LogP) is 2.36. The molecule has 0 aromatic heterocycles. The minimum Gasteiger partial charge on any atom is -0.380 e. The Morgan fingerprint density at radius 2 is 2.06 bits per heavy atom. The molecular weight excluding hydrogens is 202 g/mol. The normalized spacial score (nSPS) is 11.2. The Balaban J connectivity index is 2.79. The predicted molar refractivity (Wildman–Crippen MR) is 64.4 cm³/mol. The summed E-state index contributed by atoms with van der Waals surface area (Å²) in [6.45, 7) is 6.41. The van der Waals surface area contributed by atoms with Crippen LogP contribution in [0.3, 0.4) is 0 Å². The molecule has 0 radical (unpaired) electrons. The van der Waals surface area contributed by atoms with Crippen LogP contribution in [0.4, 0.5) is 0 Å². The molecule has 0 atom stereocenters. The highest BCUT2D eigenvalue weighted by molar-refractivity contribution is 5.94. The van der Waals surface area contributed by atoms with Crippen LogP contribution in [0.1, 0.15) is 36.7 Å². The first-order valence-corrected chi connectivity index (χ1v) is 5.33. The number of carbonyl (C=O) groups is 1. The third-order valence-electron chi connectivity index (χ3n) is 1.99. The van der Waals surface area contributed by atoms with E-state index in [1.165, 1.54) is 0 Å². The SMILES string of the molecule is COCc1cccc(C(=O)NC(C)(C)C)c1. The molecule has 0 saturated carbocycles. The summed E-state index contributed by atoms with van der Waals surface area (Å²) in [7, 11) is 1.64. The van der Waals surface area contributed by atoms with Crippen molar-refractivity contribution in [3.8, 4) is 0 Å². The maximum absolute atomic E-state index is 11.9. The van der Waals surface area contributed by atoms with Gasteiger partial charge in [-0.1, -0.05) is 12.1 Å². The maximum atomic E-state index is 11.9. The molecule has 0 aliphatic carbocycles. The lowest BCUT2D eigenvalue weighted by Crippen LogP contribution is -2.40. The van der Waals surface area contributed by atoms with Gasteiger partial charge in [0.15, 0.2) is 0 Å². The lowest BCUT2D eigenvalue weighted by molar-refractivity contribution is 0.0919. The van der Waals surface area contributed by atoms with E-state index in [9.17, 15) is 4.79 Å². The molecule has 88 valence electrons. The smallest absolute Gasteiger partial charge is 0.251 e. The second-order valence-electron chi connectivity index (χ2n) is 4.84. The first-order chi connectivity index (χ1) is 7.42. The third-order valence-corrected chi connectivity index (χ3v) is 1.99. The lowest BCUT2D eigenvalue weighted by atomic mass is 10.1. The highest BCUT2D eigenvalue weighted by atomic mass is 16.5. The van der Waals surface area contributed by atoms with E-state index in [0.29, 0.717) is 12.2 Å². The molecule has 1 aromatic carbocycles. The van der Waals surface area contributed by atoms with Crippen molar-refractivity contribution in [2.45, 2.75) is 32.9 Å². The fraction of sp³-hybridized carbons (Fsp3) is 0.462. The molecule has 3 heteroatoms. The molecule has 1 N–H and O–H groups in total. The number of ether oxygens (including phenoxy) is 1. The molecule has 16 heavy (non-hydrogen) atoms. The molecule has 0 aliphatic heterocycles. The summed E-state index contributed by atoms with van der Waals surface area (Å²) in [4.78, 5) is 11.9.